The van der Waals surface area contributed by atoms with Gasteiger partial charge in [-0.2, -0.15) is 0 Å². The summed E-state index contributed by atoms with van der Waals surface area (Å²) in [5.41, 5.74) is 0. The summed E-state index contributed by atoms with van der Waals surface area (Å²) in [7, 11) is -3.72. The Balaban J connectivity index is 2.94. The largest absolute Gasteiger partial charge is 0.462 e. The van der Waals surface area contributed by atoms with E-state index in [4.69, 9.17) is 5.14 Å². The van der Waals surface area contributed by atoms with Gasteiger partial charge in [-0.15, -0.1) is 11.3 Å². The fraction of sp³-hybridized carbons (Fsp3) is 0.286. The van der Waals surface area contributed by atoms with E-state index in [1.165, 1.54) is 12.1 Å². The maximum Gasteiger partial charge on any atom is 0.348 e. The van der Waals surface area contributed by atoms with Gasteiger partial charge in [0.25, 0.3) is 0 Å². The Morgan fingerprint density at radius 2 is 2.21 bits per heavy atom. The fourth-order valence-corrected chi connectivity index (χ4v) is 2.41. The average Bonchev–Trinajstić information content (AvgIpc) is 2.51. The van der Waals surface area contributed by atoms with Gasteiger partial charge in [-0.3, -0.25) is 0 Å². The molecule has 5 nitrogen and oxygen atoms in total. The topological polar surface area (TPSA) is 86.5 Å². The lowest BCUT2D eigenvalue weighted by molar-refractivity contribution is 0.0532. The first-order valence-corrected chi connectivity index (χ1v) is 6.11. The Hall–Kier alpha value is -0.920. The molecule has 0 bridgehead atoms. The van der Waals surface area contributed by atoms with Gasteiger partial charge >= 0.3 is 5.97 Å². The molecule has 2 N–H and O–H groups in total. The molecule has 1 rings (SSSR count). The molecule has 0 saturated carbocycles. The zero-order chi connectivity index (χ0) is 10.8. The van der Waals surface area contributed by atoms with Gasteiger partial charge < -0.3 is 4.74 Å². The van der Waals surface area contributed by atoms with E-state index in [1.54, 1.807) is 6.92 Å². The van der Waals surface area contributed by atoms with Crippen LogP contribution in [-0.4, -0.2) is 21.0 Å². The minimum absolute atomic E-state index is 0.0412. The number of carbonyl (C=O) groups excluding carboxylic acids is 1. The van der Waals surface area contributed by atoms with Crippen molar-refractivity contribution < 1.29 is 17.9 Å². The van der Waals surface area contributed by atoms with E-state index in [-0.39, 0.29) is 15.7 Å². The maximum atomic E-state index is 11.1. The Morgan fingerprint density at radius 1 is 1.57 bits per heavy atom. The number of carbonyl (C=O) groups is 1. The third kappa shape index (κ3) is 2.53. The molecule has 1 heterocycles. The van der Waals surface area contributed by atoms with Crippen molar-refractivity contribution in [2.75, 3.05) is 6.61 Å². The molecular weight excluding hydrogens is 226 g/mol. The third-order valence-electron chi connectivity index (χ3n) is 1.34. The summed E-state index contributed by atoms with van der Waals surface area (Å²) < 4.78 is 26.4. The van der Waals surface area contributed by atoms with Crippen LogP contribution in [0.15, 0.2) is 16.3 Å². The van der Waals surface area contributed by atoms with Crippen LogP contribution >= 0.6 is 11.3 Å². The minimum atomic E-state index is -3.72. The highest BCUT2D eigenvalue weighted by Gasteiger charge is 2.15. The Kier molecular flexibility index (Phi) is 3.25. The number of hydrogen-bond acceptors (Lipinski definition) is 5. The van der Waals surface area contributed by atoms with Gasteiger partial charge in [0, 0.05) is 0 Å². The summed E-state index contributed by atoms with van der Waals surface area (Å²) in [6.45, 7) is 1.92. The summed E-state index contributed by atoms with van der Waals surface area (Å²) in [6, 6.07) is 2.66. The first kappa shape index (κ1) is 11.2. The van der Waals surface area contributed by atoms with Crippen molar-refractivity contribution in [1.29, 1.82) is 0 Å². The molecule has 0 radical (unpaired) electrons. The zero-order valence-corrected chi connectivity index (χ0v) is 9.02. The molecular formula is C7H9NO4S2. The molecule has 0 aliphatic heterocycles. The van der Waals surface area contributed by atoms with Crippen LogP contribution in [0.25, 0.3) is 0 Å². The highest BCUT2D eigenvalue weighted by atomic mass is 32.2. The minimum Gasteiger partial charge on any atom is -0.462 e. The standard InChI is InChI=1S/C7H9NO4S2/c1-2-12-7(9)5-3-4-6(13-5)14(8,10)11/h3-4H,2H2,1H3,(H2,8,10,11). The number of esters is 1. The number of sulfonamides is 1. The summed E-state index contributed by atoms with van der Waals surface area (Å²) in [4.78, 5) is 11.4. The van der Waals surface area contributed by atoms with Crippen LogP contribution < -0.4 is 5.14 Å². The first-order chi connectivity index (χ1) is 6.45. The van der Waals surface area contributed by atoms with Crippen molar-refractivity contribution >= 4 is 27.3 Å². The van der Waals surface area contributed by atoms with Gasteiger partial charge in [0.15, 0.2) is 0 Å². The Labute approximate surface area is 85.5 Å². The van der Waals surface area contributed by atoms with Gasteiger partial charge in [0.1, 0.15) is 9.09 Å². The quantitative estimate of drug-likeness (QED) is 0.776. The van der Waals surface area contributed by atoms with Gasteiger partial charge in [0.2, 0.25) is 10.0 Å². The zero-order valence-electron chi connectivity index (χ0n) is 7.39. The molecule has 7 heteroatoms. The Bertz CT molecular complexity index is 434. The summed E-state index contributed by atoms with van der Waals surface area (Å²) in [5, 5.41) is 4.87. The van der Waals surface area contributed by atoms with Crippen LogP contribution in [0.4, 0.5) is 0 Å². The van der Waals surface area contributed by atoms with Crippen LogP contribution in [0.3, 0.4) is 0 Å². The van der Waals surface area contributed by atoms with Crippen molar-refractivity contribution in [1.82, 2.24) is 0 Å². The molecule has 0 atom stereocenters. The molecule has 0 unspecified atom stereocenters. The van der Waals surface area contributed by atoms with E-state index in [0.29, 0.717) is 0 Å². The highest BCUT2D eigenvalue weighted by Crippen LogP contribution is 2.20. The molecule has 1 aromatic rings. The molecule has 0 aliphatic carbocycles. The number of ether oxygens (including phenoxy) is 1. The number of nitrogens with two attached hydrogens (primary N) is 1. The lowest BCUT2D eigenvalue weighted by Crippen LogP contribution is -2.10. The van der Waals surface area contributed by atoms with E-state index < -0.39 is 16.0 Å². The lowest BCUT2D eigenvalue weighted by Gasteiger charge is -1.96. The van der Waals surface area contributed by atoms with Crippen LogP contribution in [0, 0.1) is 0 Å². The van der Waals surface area contributed by atoms with Crippen molar-refractivity contribution in [2.45, 2.75) is 11.1 Å². The van der Waals surface area contributed by atoms with Gasteiger partial charge in [-0.25, -0.2) is 18.4 Å². The predicted molar refractivity (Wildman–Crippen MR) is 51.6 cm³/mol. The number of thiophene rings is 1. The first-order valence-electron chi connectivity index (χ1n) is 3.75. The molecule has 0 amide bonds. The third-order valence-corrected chi connectivity index (χ3v) is 3.84. The van der Waals surface area contributed by atoms with Crippen molar-refractivity contribution in [3.8, 4) is 0 Å². The Morgan fingerprint density at radius 3 is 2.64 bits per heavy atom. The molecule has 0 aliphatic rings. The van der Waals surface area contributed by atoms with E-state index >= 15 is 0 Å². The van der Waals surface area contributed by atoms with Gasteiger partial charge in [-0.1, -0.05) is 0 Å². The van der Waals surface area contributed by atoms with Gasteiger partial charge in [0.05, 0.1) is 6.61 Å². The molecule has 0 fully saturated rings. The molecule has 0 saturated heterocycles. The van der Waals surface area contributed by atoms with E-state index in [9.17, 15) is 13.2 Å². The van der Waals surface area contributed by atoms with Crippen LogP contribution in [0.5, 0.6) is 0 Å². The molecule has 78 valence electrons. The normalized spacial score (nSPS) is 11.3. The fourth-order valence-electron chi connectivity index (χ4n) is 0.785. The SMILES string of the molecule is CCOC(=O)c1ccc(S(N)(=O)=O)s1. The molecule has 1 aromatic heterocycles. The van der Waals surface area contributed by atoms with E-state index in [0.717, 1.165) is 11.3 Å². The monoisotopic (exact) mass is 235 g/mol. The van der Waals surface area contributed by atoms with Gasteiger partial charge in [-0.05, 0) is 19.1 Å². The number of primary sulfonamides is 1. The molecule has 0 spiro atoms. The highest BCUT2D eigenvalue weighted by molar-refractivity contribution is 7.91. The lowest BCUT2D eigenvalue weighted by atomic mass is 10.5. The van der Waals surface area contributed by atoms with E-state index in [1.807, 2.05) is 0 Å². The second-order valence-electron chi connectivity index (χ2n) is 2.38. The van der Waals surface area contributed by atoms with Crippen LogP contribution in [0.1, 0.15) is 16.6 Å². The van der Waals surface area contributed by atoms with Crippen LogP contribution in [0.2, 0.25) is 0 Å². The van der Waals surface area contributed by atoms with E-state index in [2.05, 4.69) is 4.74 Å². The summed E-state index contributed by atoms with van der Waals surface area (Å²) in [6.07, 6.45) is 0. The summed E-state index contributed by atoms with van der Waals surface area (Å²) >= 11 is 0.800. The molecule has 14 heavy (non-hydrogen) atoms. The van der Waals surface area contributed by atoms with Crippen molar-refractivity contribution in [2.24, 2.45) is 5.14 Å². The predicted octanol–water partition coefficient (Wildman–Crippen LogP) is 0.572. The second kappa shape index (κ2) is 4.07. The molecule has 0 aromatic carbocycles. The second-order valence-corrected chi connectivity index (χ2v) is 5.26. The van der Waals surface area contributed by atoms with Crippen LogP contribution in [-0.2, 0) is 14.8 Å². The summed E-state index contributed by atoms with van der Waals surface area (Å²) in [5.74, 6) is -0.535. The number of rotatable bonds is 3. The smallest absolute Gasteiger partial charge is 0.348 e. The average molecular weight is 235 g/mol. The van der Waals surface area contributed by atoms with Crippen molar-refractivity contribution in [3.63, 3.8) is 0 Å². The van der Waals surface area contributed by atoms with Crippen molar-refractivity contribution in [3.05, 3.63) is 17.0 Å². The maximum absolute atomic E-state index is 11.1. The number of hydrogen-bond donors (Lipinski definition) is 1.